The summed E-state index contributed by atoms with van der Waals surface area (Å²) in [6, 6.07) is 3.08. The minimum absolute atomic E-state index is 0.702. The van der Waals surface area contributed by atoms with Gasteiger partial charge in [0.1, 0.15) is 5.65 Å². The van der Waals surface area contributed by atoms with Gasteiger partial charge in [-0.3, -0.25) is 0 Å². The van der Waals surface area contributed by atoms with Gasteiger partial charge in [-0.05, 0) is 36.1 Å². The molecule has 0 unspecified atom stereocenters. The molecule has 0 spiro atoms. The number of nitrogens with zero attached hydrogens (tertiary/aromatic N) is 2. The molecular formula is C17H24ClN3OSSi. The van der Waals surface area contributed by atoms with Crippen LogP contribution in [0.5, 0.6) is 0 Å². The molecule has 3 heterocycles. The second kappa shape index (κ2) is 8.25. The van der Waals surface area contributed by atoms with Gasteiger partial charge >= 0.3 is 0 Å². The van der Waals surface area contributed by atoms with Gasteiger partial charge in [0.15, 0.2) is 0 Å². The number of pyridine rings is 1. The molecule has 130 valence electrons. The Morgan fingerprint density at radius 2 is 2.08 bits per heavy atom. The fraction of sp³-hybridized carbons (Fsp3) is 0.412. The Kier molecular flexibility index (Phi) is 6.57. The first-order valence-corrected chi connectivity index (χ1v) is 12.8. The van der Waals surface area contributed by atoms with Crippen molar-refractivity contribution in [2.45, 2.75) is 32.6 Å². The fourth-order valence-corrected chi connectivity index (χ4v) is 3.89. The molecule has 0 aliphatic heterocycles. The molecule has 4 nitrogen and oxygen atoms in total. The van der Waals surface area contributed by atoms with Gasteiger partial charge in [-0.2, -0.15) is 4.37 Å². The summed E-state index contributed by atoms with van der Waals surface area (Å²) < 4.78 is 9.34. The largest absolute Gasteiger partial charge is 0.385 e. The SMILES string of the molecule is COCC[Si](C)(C)C.Cc1csnc1-c1c[nH]c2nccc(Cl)c12. The van der Waals surface area contributed by atoms with Crippen LogP contribution in [0.1, 0.15) is 5.56 Å². The number of methoxy groups -OCH3 is 1. The van der Waals surface area contributed by atoms with Crippen LogP contribution in [0.25, 0.3) is 22.3 Å². The van der Waals surface area contributed by atoms with Crippen LogP contribution >= 0.6 is 23.1 Å². The van der Waals surface area contributed by atoms with Gasteiger partial charge in [0.05, 0.1) is 10.7 Å². The zero-order valence-electron chi connectivity index (χ0n) is 14.8. The summed E-state index contributed by atoms with van der Waals surface area (Å²) in [5.41, 5.74) is 3.96. The van der Waals surface area contributed by atoms with Gasteiger partial charge in [-0.1, -0.05) is 31.2 Å². The molecule has 3 aromatic rings. The van der Waals surface area contributed by atoms with Gasteiger partial charge < -0.3 is 9.72 Å². The Balaban J connectivity index is 0.000000224. The van der Waals surface area contributed by atoms with Crippen molar-refractivity contribution in [1.82, 2.24) is 14.3 Å². The second-order valence-electron chi connectivity index (χ2n) is 6.87. The fourth-order valence-electron chi connectivity index (χ4n) is 2.16. The molecule has 24 heavy (non-hydrogen) atoms. The number of hydrogen-bond acceptors (Lipinski definition) is 4. The minimum atomic E-state index is -0.803. The average molecular weight is 382 g/mol. The lowest BCUT2D eigenvalue weighted by molar-refractivity contribution is 0.214. The van der Waals surface area contributed by atoms with Crippen LogP contribution in [-0.2, 0) is 4.74 Å². The van der Waals surface area contributed by atoms with E-state index in [1.54, 1.807) is 19.4 Å². The molecule has 3 aromatic heterocycles. The summed E-state index contributed by atoms with van der Waals surface area (Å²) >= 11 is 7.64. The lowest BCUT2D eigenvalue weighted by Gasteiger charge is -2.13. The maximum Gasteiger partial charge on any atom is 0.139 e. The first kappa shape index (κ1) is 19.1. The monoisotopic (exact) mass is 381 g/mol. The highest BCUT2D eigenvalue weighted by molar-refractivity contribution is 7.04. The number of H-pyrrole nitrogens is 1. The third-order valence-electron chi connectivity index (χ3n) is 3.58. The van der Waals surface area contributed by atoms with Crippen molar-refractivity contribution in [1.29, 1.82) is 0 Å². The minimum Gasteiger partial charge on any atom is -0.385 e. The van der Waals surface area contributed by atoms with Crippen LogP contribution in [0.2, 0.25) is 30.7 Å². The van der Waals surface area contributed by atoms with Crippen LogP contribution in [0.15, 0.2) is 23.8 Å². The third kappa shape index (κ3) is 4.89. The van der Waals surface area contributed by atoms with E-state index in [0.717, 1.165) is 34.5 Å². The molecule has 1 N–H and O–H groups in total. The van der Waals surface area contributed by atoms with Crippen molar-refractivity contribution in [3.8, 4) is 11.3 Å². The van der Waals surface area contributed by atoms with Crippen molar-refractivity contribution in [3.63, 3.8) is 0 Å². The van der Waals surface area contributed by atoms with Crippen LogP contribution in [0, 0.1) is 6.92 Å². The first-order valence-electron chi connectivity index (χ1n) is 7.85. The number of aryl methyl sites for hydroxylation is 1. The maximum atomic E-state index is 6.19. The number of rotatable bonds is 4. The van der Waals surface area contributed by atoms with E-state index in [4.69, 9.17) is 16.3 Å². The quantitative estimate of drug-likeness (QED) is 0.596. The number of nitrogens with one attached hydrogen (secondary N) is 1. The Bertz CT molecular complexity index is 795. The lowest BCUT2D eigenvalue weighted by Crippen LogP contribution is -2.21. The summed E-state index contributed by atoms with van der Waals surface area (Å²) in [4.78, 5) is 7.35. The number of aromatic amines is 1. The molecule has 0 aliphatic carbocycles. The van der Waals surface area contributed by atoms with Gasteiger partial charge in [0.2, 0.25) is 0 Å². The Labute approximate surface area is 153 Å². The number of hydrogen-bond donors (Lipinski definition) is 1. The summed E-state index contributed by atoms with van der Waals surface area (Å²) in [7, 11) is 0.961. The van der Waals surface area contributed by atoms with E-state index >= 15 is 0 Å². The molecule has 7 heteroatoms. The maximum absolute atomic E-state index is 6.19. The highest BCUT2D eigenvalue weighted by Gasteiger charge is 2.13. The number of halogens is 1. The highest BCUT2D eigenvalue weighted by atomic mass is 35.5. The molecule has 0 saturated heterocycles. The number of aromatic nitrogens is 3. The van der Waals surface area contributed by atoms with Gasteiger partial charge in [-0.15, -0.1) is 0 Å². The summed E-state index contributed by atoms with van der Waals surface area (Å²) in [5.74, 6) is 0. The van der Waals surface area contributed by atoms with E-state index < -0.39 is 8.07 Å². The van der Waals surface area contributed by atoms with Crippen molar-refractivity contribution in [2.24, 2.45) is 0 Å². The van der Waals surface area contributed by atoms with Crippen molar-refractivity contribution in [3.05, 3.63) is 34.4 Å². The normalized spacial score (nSPS) is 11.4. The Morgan fingerprint density at radius 1 is 1.33 bits per heavy atom. The molecule has 0 bridgehead atoms. The third-order valence-corrected chi connectivity index (χ3v) is 6.35. The molecule has 0 aromatic carbocycles. The summed E-state index contributed by atoms with van der Waals surface area (Å²) in [6.07, 6.45) is 3.60. The van der Waals surface area contributed by atoms with E-state index in [9.17, 15) is 0 Å². The number of fused-ring (bicyclic) bond motifs is 1. The predicted molar refractivity (Wildman–Crippen MR) is 107 cm³/mol. The van der Waals surface area contributed by atoms with E-state index in [0.29, 0.717) is 5.02 Å². The van der Waals surface area contributed by atoms with E-state index in [1.165, 1.54) is 17.6 Å². The number of ether oxygens (including phenoxy) is 1. The predicted octanol–water partition coefficient (Wildman–Crippen LogP) is 5.62. The molecule has 0 atom stereocenters. The van der Waals surface area contributed by atoms with Gasteiger partial charge in [0.25, 0.3) is 0 Å². The summed E-state index contributed by atoms with van der Waals surface area (Å²) in [5, 5.41) is 3.67. The van der Waals surface area contributed by atoms with Crippen molar-refractivity contribution >= 4 is 42.2 Å². The smallest absolute Gasteiger partial charge is 0.139 e. The van der Waals surface area contributed by atoms with E-state index in [1.807, 2.05) is 18.5 Å². The molecule has 0 amide bonds. The van der Waals surface area contributed by atoms with Crippen molar-refractivity contribution in [2.75, 3.05) is 13.7 Å². The topological polar surface area (TPSA) is 50.8 Å². The molecule has 0 radical (unpaired) electrons. The zero-order chi connectivity index (χ0) is 17.7. The molecule has 0 fully saturated rings. The molecule has 0 aliphatic rings. The molecule has 3 rings (SSSR count). The van der Waals surface area contributed by atoms with Crippen molar-refractivity contribution < 1.29 is 4.74 Å². The Hall–Kier alpha value is -1.21. The molecular weight excluding hydrogens is 358 g/mol. The molecule has 0 saturated carbocycles. The van der Waals surface area contributed by atoms with Crippen LogP contribution in [0.4, 0.5) is 0 Å². The van der Waals surface area contributed by atoms with E-state index in [-0.39, 0.29) is 0 Å². The average Bonchev–Trinajstić information content (AvgIpc) is 3.11. The van der Waals surface area contributed by atoms with Crippen LogP contribution in [-0.4, -0.2) is 36.1 Å². The van der Waals surface area contributed by atoms with Gasteiger partial charge in [-0.25, -0.2) is 4.98 Å². The van der Waals surface area contributed by atoms with Gasteiger partial charge in [0, 0.05) is 50.5 Å². The Morgan fingerprint density at radius 3 is 2.62 bits per heavy atom. The summed E-state index contributed by atoms with van der Waals surface area (Å²) in [6.45, 7) is 10.0. The lowest BCUT2D eigenvalue weighted by atomic mass is 10.1. The highest BCUT2D eigenvalue weighted by Crippen LogP contribution is 2.33. The zero-order valence-corrected chi connectivity index (χ0v) is 17.4. The second-order valence-corrected chi connectivity index (χ2v) is 13.5. The van der Waals surface area contributed by atoms with Crippen LogP contribution < -0.4 is 0 Å². The first-order chi connectivity index (χ1) is 11.3. The van der Waals surface area contributed by atoms with E-state index in [2.05, 4.69) is 34.0 Å². The standard InChI is InChI=1S/C11H8ClN3S.C6H16OSi/c1-6-5-16-15-10(6)7-4-14-11-9(7)8(12)2-3-13-11;1-7-5-6-8(2,3)4/h2-5H,1H3,(H,13,14);5-6H2,1-4H3. The van der Waals surface area contributed by atoms with Crippen LogP contribution in [0.3, 0.4) is 0 Å².